The number of amides is 1. The zero-order valence-corrected chi connectivity index (χ0v) is 16.6. The number of nitrogens with zero attached hydrogens (tertiary/aromatic N) is 3. The van der Waals surface area contributed by atoms with Crippen LogP contribution in [-0.4, -0.2) is 32.2 Å². The summed E-state index contributed by atoms with van der Waals surface area (Å²) in [7, 11) is 0. The molecule has 0 saturated heterocycles. The molecule has 2 atom stereocenters. The number of rotatable bonds is 4. The summed E-state index contributed by atoms with van der Waals surface area (Å²) in [4.78, 5) is 16.7. The molecule has 2 heterocycles. The van der Waals surface area contributed by atoms with E-state index in [2.05, 4.69) is 15.4 Å². The molecule has 3 aliphatic carbocycles. The molecule has 1 aromatic carbocycles. The highest BCUT2D eigenvalue weighted by molar-refractivity contribution is 5.80. The number of hydrogen-bond acceptors (Lipinski definition) is 3. The van der Waals surface area contributed by atoms with Crippen LogP contribution in [0.15, 0.2) is 48.9 Å². The molecule has 6 rings (SSSR count). The number of halogens is 3. The summed E-state index contributed by atoms with van der Waals surface area (Å²) in [5.74, 6) is -1.40. The number of alkyl halides is 3. The minimum atomic E-state index is -4.22. The van der Waals surface area contributed by atoms with Gasteiger partial charge >= 0.3 is 6.18 Å². The lowest BCUT2D eigenvalue weighted by Crippen LogP contribution is -2.90. The average Bonchev–Trinajstić information content (AvgIpc) is 3.18. The van der Waals surface area contributed by atoms with Crippen LogP contribution in [-0.2, 0) is 11.2 Å². The third-order valence-corrected chi connectivity index (χ3v) is 7.51. The monoisotopic (exact) mass is 414 g/mol. The summed E-state index contributed by atoms with van der Waals surface area (Å²) < 4.78 is 41.9. The van der Waals surface area contributed by atoms with Crippen molar-refractivity contribution in [2.24, 2.45) is 17.3 Å². The lowest BCUT2D eigenvalue weighted by Gasteiger charge is -2.79. The zero-order chi connectivity index (χ0) is 21.3. The fourth-order valence-electron chi connectivity index (χ4n) is 5.56. The lowest BCUT2D eigenvalue weighted by molar-refractivity contribution is -0.407. The van der Waals surface area contributed by atoms with Gasteiger partial charge in [-0.25, -0.2) is 9.50 Å². The first-order chi connectivity index (χ1) is 14.2. The molecule has 0 unspecified atom stereocenters. The normalized spacial score (nSPS) is 29.9. The van der Waals surface area contributed by atoms with Gasteiger partial charge in [-0.15, -0.1) is 0 Å². The lowest BCUT2D eigenvalue weighted by atomic mass is 9.27. The maximum Gasteiger partial charge on any atom is 0.395 e. The standard InChI is InChI=1S/C22H21F3N4O/c1-13-20(22(23,24)25)11-21(13,14(20)2)28-19(30)9-15-3-5-16(6-4-15)17-7-8-29-18(10-17)26-12-27-29/h3-8,10,12-14H,9,11H2,1-2H3,(H,28,30)/t13-,14-,20?,21?/m0/s1. The SMILES string of the molecule is C[C@@H]1C2(NC(=O)Cc3ccc(-c4ccn5ncnc5c4)cc3)CC1(C(F)(F)F)[C@@H]2C. The third-order valence-electron chi connectivity index (χ3n) is 7.51. The number of aromatic nitrogens is 3. The van der Waals surface area contributed by atoms with Crippen LogP contribution in [0, 0.1) is 17.3 Å². The van der Waals surface area contributed by atoms with Gasteiger partial charge in [0.05, 0.1) is 11.8 Å². The van der Waals surface area contributed by atoms with Crippen molar-refractivity contribution in [2.75, 3.05) is 0 Å². The molecule has 3 aliphatic rings. The van der Waals surface area contributed by atoms with Crippen molar-refractivity contribution < 1.29 is 18.0 Å². The van der Waals surface area contributed by atoms with Crippen LogP contribution in [0.4, 0.5) is 13.2 Å². The van der Waals surface area contributed by atoms with Crippen molar-refractivity contribution in [2.45, 2.75) is 38.4 Å². The summed E-state index contributed by atoms with van der Waals surface area (Å²) in [6.07, 6.45) is -0.765. The second-order valence-electron chi connectivity index (χ2n) is 8.60. The molecule has 3 saturated carbocycles. The van der Waals surface area contributed by atoms with Gasteiger partial charge in [-0.05, 0) is 47.1 Å². The third kappa shape index (κ3) is 2.39. The fraction of sp³-hybridized carbons (Fsp3) is 0.409. The highest BCUT2D eigenvalue weighted by atomic mass is 19.4. The molecule has 2 aromatic heterocycles. The van der Waals surface area contributed by atoms with Crippen LogP contribution in [0.3, 0.4) is 0 Å². The molecular weight excluding hydrogens is 393 g/mol. The second-order valence-corrected chi connectivity index (χ2v) is 8.60. The molecule has 1 amide bonds. The molecule has 5 nitrogen and oxygen atoms in total. The Bertz CT molecular complexity index is 1130. The van der Waals surface area contributed by atoms with Crippen LogP contribution in [0.25, 0.3) is 16.8 Å². The smallest absolute Gasteiger partial charge is 0.350 e. The van der Waals surface area contributed by atoms with Gasteiger partial charge in [0.2, 0.25) is 5.91 Å². The summed E-state index contributed by atoms with van der Waals surface area (Å²) >= 11 is 0. The number of carbonyl (C=O) groups is 1. The number of benzene rings is 1. The number of pyridine rings is 1. The second kappa shape index (κ2) is 6.06. The Morgan fingerprint density at radius 2 is 1.87 bits per heavy atom. The van der Waals surface area contributed by atoms with Crippen LogP contribution in [0.1, 0.15) is 25.8 Å². The molecule has 1 N–H and O–H groups in total. The van der Waals surface area contributed by atoms with Gasteiger partial charge in [-0.2, -0.15) is 18.3 Å². The molecule has 3 fully saturated rings. The topological polar surface area (TPSA) is 59.3 Å². The Morgan fingerprint density at radius 1 is 1.17 bits per heavy atom. The number of nitrogens with one attached hydrogen (secondary N) is 1. The summed E-state index contributed by atoms with van der Waals surface area (Å²) in [6.45, 7) is 3.19. The Balaban J connectivity index is 1.25. The van der Waals surface area contributed by atoms with Crippen molar-refractivity contribution in [3.05, 3.63) is 54.5 Å². The van der Waals surface area contributed by atoms with Crippen molar-refractivity contribution in [3.8, 4) is 11.1 Å². The van der Waals surface area contributed by atoms with Gasteiger partial charge in [0.1, 0.15) is 6.33 Å². The maximum atomic E-state index is 13.4. The predicted octanol–water partition coefficient (Wildman–Crippen LogP) is 4.03. The van der Waals surface area contributed by atoms with Crippen LogP contribution in [0.5, 0.6) is 0 Å². The van der Waals surface area contributed by atoms with E-state index in [-0.39, 0.29) is 18.7 Å². The van der Waals surface area contributed by atoms with Gasteiger partial charge in [0, 0.05) is 11.7 Å². The van der Waals surface area contributed by atoms with E-state index in [1.807, 2.05) is 42.6 Å². The van der Waals surface area contributed by atoms with Gasteiger partial charge in [-0.1, -0.05) is 38.1 Å². The molecule has 156 valence electrons. The van der Waals surface area contributed by atoms with E-state index in [1.54, 1.807) is 18.4 Å². The van der Waals surface area contributed by atoms with Gasteiger partial charge < -0.3 is 5.32 Å². The predicted molar refractivity (Wildman–Crippen MR) is 104 cm³/mol. The van der Waals surface area contributed by atoms with Gasteiger partial charge in [-0.3, -0.25) is 4.79 Å². The van der Waals surface area contributed by atoms with Gasteiger partial charge in [0.15, 0.2) is 5.65 Å². The minimum Gasteiger partial charge on any atom is -0.350 e. The van der Waals surface area contributed by atoms with Crippen molar-refractivity contribution in [1.29, 1.82) is 0 Å². The van der Waals surface area contributed by atoms with Crippen LogP contribution >= 0.6 is 0 Å². The number of fused-ring (bicyclic) bond motifs is 1. The van der Waals surface area contributed by atoms with Crippen LogP contribution in [0.2, 0.25) is 0 Å². The van der Waals surface area contributed by atoms with E-state index in [4.69, 9.17) is 0 Å². The summed E-state index contributed by atoms with van der Waals surface area (Å²) in [6, 6.07) is 11.5. The molecule has 0 spiro atoms. The Morgan fingerprint density at radius 3 is 2.50 bits per heavy atom. The first-order valence-electron chi connectivity index (χ1n) is 9.94. The quantitative estimate of drug-likeness (QED) is 0.701. The Labute approximate surface area is 171 Å². The van der Waals surface area contributed by atoms with E-state index in [0.29, 0.717) is 0 Å². The first-order valence-corrected chi connectivity index (χ1v) is 9.94. The summed E-state index contributed by atoms with van der Waals surface area (Å²) in [5, 5.41) is 6.98. The van der Waals surface area contributed by atoms with E-state index in [9.17, 15) is 18.0 Å². The highest BCUT2D eigenvalue weighted by Gasteiger charge is 2.87. The van der Waals surface area contributed by atoms with E-state index >= 15 is 0 Å². The van der Waals surface area contributed by atoms with E-state index < -0.39 is 29.0 Å². The minimum absolute atomic E-state index is 0.0123. The Kier molecular flexibility index (Phi) is 3.85. The zero-order valence-electron chi connectivity index (χ0n) is 16.6. The van der Waals surface area contributed by atoms with Crippen molar-refractivity contribution in [1.82, 2.24) is 19.9 Å². The largest absolute Gasteiger partial charge is 0.395 e. The van der Waals surface area contributed by atoms with Crippen molar-refractivity contribution >= 4 is 11.6 Å². The maximum absolute atomic E-state index is 13.4. The Hall–Kier alpha value is -2.90. The van der Waals surface area contributed by atoms with E-state index in [1.165, 1.54) is 6.33 Å². The molecule has 8 heteroatoms. The molecule has 2 bridgehead atoms. The molecular formula is C22H21F3N4O. The van der Waals surface area contributed by atoms with Crippen molar-refractivity contribution in [3.63, 3.8) is 0 Å². The van der Waals surface area contributed by atoms with Crippen LogP contribution < -0.4 is 5.32 Å². The number of hydrogen-bond donors (Lipinski definition) is 1. The molecule has 0 aliphatic heterocycles. The first kappa shape index (κ1) is 19.1. The number of carbonyl (C=O) groups excluding carboxylic acids is 1. The fourth-order valence-corrected chi connectivity index (χ4v) is 5.56. The van der Waals surface area contributed by atoms with E-state index in [0.717, 1.165) is 22.3 Å². The summed E-state index contributed by atoms with van der Waals surface area (Å²) in [5.41, 5.74) is 1.18. The van der Waals surface area contributed by atoms with Gasteiger partial charge in [0.25, 0.3) is 0 Å². The molecule has 0 radical (unpaired) electrons. The average molecular weight is 414 g/mol. The highest BCUT2D eigenvalue weighted by Crippen LogP contribution is 2.79. The molecule has 30 heavy (non-hydrogen) atoms. The molecule has 3 aromatic rings.